The van der Waals surface area contributed by atoms with Crippen molar-refractivity contribution < 1.29 is 4.39 Å². The number of hydrogen-bond donors (Lipinski definition) is 1. The fourth-order valence-electron chi connectivity index (χ4n) is 2.03. The molecule has 2 aromatic rings. The lowest BCUT2D eigenvalue weighted by molar-refractivity contribution is 0.574. The molecule has 112 valence electrons. The van der Waals surface area contributed by atoms with Crippen LogP contribution in [0, 0.1) is 19.7 Å². The van der Waals surface area contributed by atoms with Crippen molar-refractivity contribution in [1.82, 2.24) is 10.3 Å². The number of pyridine rings is 1. The smallest absolute Gasteiger partial charge is 0.137 e. The summed E-state index contributed by atoms with van der Waals surface area (Å²) in [6.07, 6.45) is 0. The summed E-state index contributed by atoms with van der Waals surface area (Å²) in [5.74, 6) is -0.191. The second-order valence-corrected chi connectivity index (χ2v) is 6.59. The molecule has 1 aromatic carbocycles. The first-order valence-corrected chi connectivity index (χ1v) is 7.90. The molecule has 0 aliphatic rings. The van der Waals surface area contributed by atoms with Gasteiger partial charge in [-0.15, -0.1) is 0 Å². The molecule has 1 N–H and O–H groups in total. The van der Waals surface area contributed by atoms with Gasteiger partial charge < -0.3 is 5.32 Å². The average Bonchev–Trinajstić information content (AvgIpc) is 2.38. The third-order valence-corrected chi connectivity index (χ3v) is 3.97. The van der Waals surface area contributed by atoms with Gasteiger partial charge in [-0.05, 0) is 49.2 Å². The minimum atomic E-state index is -0.191. The number of aromatic nitrogens is 1. The van der Waals surface area contributed by atoms with Gasteiger partial charge in [-0.2, -0.15) is 0 Å². The van der Waals surface area contributed by atoms with Crippen LogP contribution >= 0.6 is 11.8 Å². The lowest BCUT2D eigenvalue weighted by atomic mass is 10.2. The predicted octanol–water partition coefficient (Wildman–Crippen LogP) is 4.49. The van der Waals surface area contributed by atoms with Gasteiger partial charge in [0.25, 0.3) is 0 Å². The Morgan fingerprint density at radius 1 is 1.19 bits per heavy atom. The molecule has 21 heavy (non-hydrogen) atoms. The van der Waals surface area contributed by atoms with E-state index in [-0.39, 0.29) is 5.82 Å². The van der Waals surface area contributed by atoms with E-state index in [4.69, 9.17) is 0 Å². The lowest BCUT2D eigenvalue weighted by Crippen LogP contribution is -2.21. The van der Waals surface area contributed by atoms with Crippen molar-refractivity contribution in [3.63, 3.8) is 0 Å². The topological polar surface area (TPSA) is 24.9 Å². The molecule has 2 nitrogen and oxygen atoms in total. The quantitative estimate of drug-likeness (QED) is 0.881. The van der Waals surface area contributed by atoms with E-state index in [1.54, 1.807) is 6.07 Å². The van der Waals surface area contributed by atoms with Crippen LogP contribution in [0.2, 0.25) is 0 Å². The third-order valence-electron chi connectivity index (χ3n) is 3.00. The summed E-state index contributed by atoms with van der Waals surface area (Å²) in [6, 6.07) is 9.77. The largest absolute Gasteiger partial charge is 0.310 e. The van der Waals surface area contributed by atoms with Crippen LogP contribution in [0.5, 0.6) is 0 Å². The van der Waals surface area contributed by atoms with Gasteiger partial charge in [-0.1, -0.05) is 31.7 Å². The SMILES string of the molecule is Cc1cc(C)nc(Sc2ccc(CNC(C)C)cc2F)c1. The molecular weight excluding hydrogens is 283 g/mol. The highest BCUT2D eigenvalue weighted by molar-refractivity contribution is 7.99. The second kappa shape index (κ2) is 7.05. The number of rotatable bonds is 5. The zero-order valence-electron chi connectivity index (χ0n) is 12.9. The lowest BCUT2D eigenvalue weighted by Gasteiger charge is -2.10. The van der Waals surface area contributed by atoms with E-state index in [1.165, 1.54) is 11.8 Å². The van der Waals surface area contributed by atoms with Gasteiger partial charge in [0, 0.05) is 23.2 Å². The van der Waals surface area contributed by atoms with Gasteiger partial charge in [0.15, 0.2) is 0 Å². The fraction of sp³-hybridized carbons (Fsp3) is 0.353. The molecule has 0 bridgehead atoms. The summed E-state index contributed by atoms with van der Waals surface area (Å²) in [7, 11) is 0. The van der Waals surface area contributed by atoms with Crippen LogP contribution in [-0.2, 0) is 6.54 Å². The average molecular weight is 304 g/mol. The van der Waals surface area contributed by atoms with Crippen molar-refractivity contribution in [3.8, 4) is 0 Å². The predicted molar refractivity (Wildman–Crippen MR) is 86.2 cm³/mol. The van der Waals surface area contributed by atoms with Crippen LogP contribution in [-0.4, -0.2) is 11.0 Å². The Morgan fingerprint density at radius 2 is 1.95 bits per heavy atom. The monoisotopic (exact) mass is 304 g/mol. The van der Waals surface area contributed by atoms with Crippen LogP contribution in [0.1, 0.15) is 30.7 Å². The Morgan fingerprint density at radius 3 is 2.57 bits per heavy atom. The highest BCUT2D eigenvalue weighted by Crippen LogP contribution is 2.29. The van der Waals surface area contributed by atoms with Gasteiger partial charge in [0.1, 0.15) is 10.8 Å². The molecule has 0 saturated carbocycles. The minimum absolute atomic E-state index is 0.191. The first kappa shape index (κ1) is 16.0. The van der Waals surface area contributed by atoms with Gasteiger partial charge in [0.05, 0.1) is 0 Å². The molecule has 0 atom stereocenters. The number of nitrogens with one attached hydrogen (secondary N) is 1. The van der Waals surface area contributed by atoms with E-state index in [1.807, 2.05) is 38.1 Å². The van der Waals surface area contributed by atoms with Crippen molar-refractivity contribution in [2.45, 2.75) is 50.2 Å². The molecule has 0 spiro atoms. The van der Waals surface area contributed by atoms with Crippen LogP contribution in [0.25, 0.3) is 0 Å². The Labute approximate surface area is 130 Å². The molecule has 4 heteroatoms. The van der Waals surface area contributed by atoms with Crippen LogP contribution in [0.3, 0.4) is 0 Å². The standard InChI is InChI=1S/C17H21FN2S/c1-11(2)19-10-14-5-6-16(15(18)9-14)21-17-8-12(3)7-13(4)20-17/h5-9,11,19H,10H2,1-4H3. The maximum Gasteiger partial charge on any atom is 0.137 e. The molecule has 0 amide bonds. The summed E-state index contributed by atoms with van der Waals surface area (Å²) in [5, 5.41) is 4.12. The van der Waals surface area contributed by atoms with E-state index in [9.17, 15) is 4.39 Å². The number of halogens is 1. The first-order chi connectivity index (χ1) is 9.94. The van der Waals surface area contributed by atoms with Crippen LogP contribution in [0.15, 0.2) is 40.3 Å². The Balaban J connectivity index is 2.13. The highest BCUT2D eigenvalue weighted by atomic mass is 32.2. The first-order valence-electron chi connectivity index (χ1n) is 7.09. The van der Waals surface area contributed by atoms with E-state index >= 15 is 0 Å². The minimum Gasteiger partial charge on any atom is -0.310 e. The van der Waals surface area contributed by atoms with Crippen molar-refractivity contribution in [2.75, 3.05) is 0 Å². The van der Waals surface area contributed by atoms with Gasteiger partial charge in [-0.3, -0.25) is 0 Å². The van der Waals surface area contributed by atoms with Gasteiger partial charge in [0.2, 0.25) is 0 Å². The Kier molecular flexibility index (Phi) is 5.37. The Hall–Kier alpha value is -1.39. The number of aryl methyl sites for hydroxylation is 2. The molecule has 0 radical (unpaired) electrons. The summed E-state index contributed by atoms with van der Waals surface area (Å²) < 4.78 is 14.2. The van der Waals surface area contributed by atoms with E-state index < -0.39 is 0 Å². The molecule has 0 saturated heterocycles. The molecule has 2 rings (SSSR count). The zero-order chi connectivity index (χ0) is 15.4. The van der Waals surface area contributed by atoms with Gasteiger partial charge >= 0.3 is 0 Å². The van der Waals surface area contributed by atoms with Crippen molar-refractivity contribution >= 4 is 11.8 Å². The Bertz CT molecular complexity index is 606. The molecular formula is C17H21FN2S. The molecule has 0 unspecified atom stereocenters. The molecule has 0 aliphatic carbocycles. The molecule has 0 aliphatic heterocycles. The fourth-order valence-corrected chi connectivity index (χ4v) is 2.98. The molecule has 1 heterocycles. The van der Waals surface area contributed by atoms with E-state index in [0.717, 1.165) is 21.8 Å². The van der Waals surface area contributed by atoms with Crippen molar-refractivity contribution in [2.24, 2.45) is 0 Å². The summed E-state index contributed by atoms with van der Waals surface area (Å²) in [4.78, 5) is 5.05. The maximum absolute atomic E-state index is 14.2. The molecule has 1 aromatic heterocycles. The van der Waals surface area contributed by atoms with Crippen LogP contribution in [0.4, 0.5) is 4.39 Å². The normalized spacial score (nSPS) is 11.1. The van der Waals surface area contributed by atoms with Crippen LogP contribution < -0.4 is 5.32 Å². The number of hydrogen-bond acceptors (Lipinski definition) is 3. The van der Waals surface area contributed by atoms with Crippen molar-refractivity contribution in [3.05, 3.63) is 53.0 Å². The molecule has 0 fully saturated rings. The third kappa shape index (κ3) is 4.83. The van der Waals surface area contributed by atoms with Gasteiger partial charge in [-0.25, -0.2) is 9.37 Å². The van der Waals surface area contributed by atoms with E-state index in [2.05, 4.69) is 24.1 Å². The zero-order valence-corrected chi connectivity index (χ0v) is 13.7. The number of benzene rings is 1. The maximum atomic E-state index is 14.2. The summed E-state index contributed by atoms with van der Waals surface area (Å²) in [6.45, 7) is 8.81. The van der Waals surface area contributed by atoms with E-state index in [0.29, 0.717) is 17.5 Å². The summed E-state index contributed by atoms with van der Waals surface area (Å²) >= 11 is 1.37. The highest BCUT2D eigenvalue weighted by Gasteiger charge is 2.08. The van der Waals surface area contributed by atoms with Crippen molar-refractivity contribution in [1.29, 1.82) is 0 Å². The summed E-state index contributed by atoms with van der Waals surface area (Å²) in [5.41, 5.74) is 3.05. The number of nitrogens with zero attached hydrogens (tertiary/aromatic N) is 1. The second-order valence-electron chi connectivity index (χ2n) is 5.53.